The van der Waals surface area contributed by atoms with Gasteiger partial charge in [-0.25, -0.2) is 0 Å². The number of fused-ring (bicyclic) bond motifs is 1. The maximum atomic E-state index is 12.2. The van der Waals surface area contributed by atoms with Crippen molar-refractivity contribution in [2.75, 3.05) is 13.1 Å². The number of nitrogens with zero attached hydrogens (tertiary/aromatic N) is 1. The van der Waals surface area contributed by atoms with Crippen LogP contribution in [-0.4, -0.2) is 23.9 Å². The molecule has 0 bridgehead atoms. The average molecular weight is 280 g/mol. The molecule has 0 aromatic heterocycles. The highest BCUT2D eigenvalue weighted by molar-refractivity contribution is 9.10. The lowest BCUT2D eigenvalue weighted by Gasteiger charge is -2.18. The van der Waals surface area contributed by atoms with Crippen LogP contribution in [0.2, 0.25) is 0 Å². The molecule has 2 atom stereocenters. The number of amides is 1. The van der Waals surface area contributed by atoms with E-state index in [9.17, 15) is 4.79 Å². The third-order valence-corrected chi connectivity index (χ3v) is 4.56. The van der Waals surface area contributed by atoms with E-state index in [-0.39, 0.29) is 5.91 Å². The van der Waals surface area contributed by atoms with Crippen molar-refractivity contribution in [2.24, 2.45) is 11.8 Å². The van der Waals surface area contributed by atoms with Crippen molar-refractivity contribution in [1.29, 1.82) is 0 Å². The minimum absolute atomic E-state index is 0.197. The lowest BCUT2D eigenvalue weighted by Crippen LogP contribution is -2.30. The van der Waals surface area contributed by atoms with Crippen LogP contribution in [0.1, 0.15) is 22.3 Å². The van der Waals surface area contributed by atoms with Crippen LogP contribution in [0.5, 0.6) is 0 Å². The molecule has 0 radical (unpaired) electrons. The monoisotopic (exact) mass is 279 g/mol. The van der Waals surface area contributed by atoms with Gasteiger partial charge in [0.15, 0.2) is 0 Å². The number of hydrogen-bond donors (Lipinski definition) is 0. The average Bonchev–Trinajstić information content (AvgIpc) is 2.89. The van der Waals surface area contributed by atoms with E-state index in [2.05, 4.69) is 15.9 Å². The number of carbonyl (C=O) groups is 1. The molecule has 1 amide bonds. The van der Waals surface area contributed by atoms with E-state index in [0.717, 1.165) is 40.5 Å². The quantitative estimate of drug-likeness (QED) is 0.774. The Kier molecular flexibility index (Phi) is 2.32. The number of aryl methyl sites for hydroxylation is 1. The predicted molar refractivity (Wildman–Crippen MR) is 66.4 cm³/mol. The predicted octanol–water partition coefficient (Wildman–Crippen LogP) is 2.85. The lowest BCUT2D eigenvalue weighted by atomic mass is 10.1. The first-order valence-corrected chi connectivity index (χ1v) is 6.50. The Bertz CT molecular complexity index is 447. The van der Waals surface area contributed by atoms with E-state index in [0.29, 0.717) is 0 Å². The van der Waals surface area contributed by atoms with Gasteiger partial charge >= 0.3 is 0 Å². The van der Waals surface area contributed by atoms with E-state index in [4.69, 9.17) is 0 Å². The molecule has 3 heteroatoms. The number of likely N-dealkylation sites (tertiary alicyclic amines) is 1. The summed E-state index contributed by atoms with van der Waals surface area (Å²) >= 11 is 3.45. The molecule has 3 rings (SSSR count). The molecule has 1 heterocycles. The van der Waals surface area contributed by atoms with Crippen molar-refractivity contribution < 1.29 is 4.79 Å². The zero-order valence-corrected chi connectivity index (χ0v) is 10.8. The normalized spacial score (nSPS) is 26.8. The van der Waals surface area contributed by atoms with E-state index < -0.39 is 0 Å². The summed E-state index contributed by atoms with van der Waals surface area (Å²) in [7, 11) is 0. The topological polar surface area (TPSA) is 20.3 Å². The molecule has 1 aromatic carbocycles. The number of piperidine rings is 1. The maximum absolute atomic E-state index is 12.2. The van der Waals surface area contributed by atoms with Crippen LogP contribution in [0, 0.1) is 18.8 Å². The molecule has 2 unspecified atom stereocenters. The van der Waals surface area contributed by atoms with Gasteiger partial charge in [-0.15, -0.1) is 0 Å². The van der Waals surface area contributed by atoms with Crippen LogP contribution in [-0.2, 0) is 0 Å². The van der Waals surface area contributed by atoms with E-state index in [1.54, 1.807) is 0 Å². The molecule has 1 aromatic rings. The van der Waals surface area contributed by atoms with Gasteiger partial charge in [0.1, 0.15) is 0 Å². The summed E-state index contributed by atoms with van der Waals surface area (Å²) in [5.74, 6) is 1.81. The van der Waals surface area contributed by atoms with E-state index in [1.165, 1.54) is 6.42 Å². The fraction of sp³-hybridized carbons (Fsp3) is 0.462. The number of hydrogen-bond acceptors (Lipinski definition) is 1. The van der Waals surface area contributed by atoms with Crippen LogP contribution in [0.25, 0.3) is 0 Å². The van der Waals surface area contributed by atoms with Crippen LogP contribution < -0.4 is 0 Å². The van der Waals surface area contributed by atoms with Gasteiger partial charge in [0.25, 0.3) is 5.91 Å². The summed E-state index contributed by atoms with van der Waals surface area (Å²) in [5, 5.41) is 0. The highest BCUT2D eigenvalue weighted by Crippen LogP contribution is 2.45. The molecule has 2 aliphatic rings. The second-order valence-electron chi connectivity index (χ2n) is 4.93. The van der Waals surface area contributed by atoms with Crippen molar-refractivity contribution in [3.8, 4) is 0 Å². The van der Waals surface area contributed by atoms with Gasteiger partial charge in [0, 0.05) is 23.1 Å². The largest absolute Gasteiger partial charge is 0.338 e. The second kappa shape index (κ2) is 3.59. The molecule has 2 fully saturated rings. The summed E-state index contributed by atoms with van der Waals surface area (Å²) in [6.07, 6.45) is 1.34. The molecule has 84 valence electrons. The van der Waals surface area contributed by atoms with Gasteiger partial charge in [-0.3, -0.25) is 4.79 Å². The Hall–Kier alpha value is -0.830. The first-order chi connectivity index (χ1) is 7.65. The Labute approximate surface area is 104 Å². The second-order valence-corrected chi connectivity index (χ2v) is 5.78. The van der Waals surface area contributed by atoms with E-state index >= 15 is 0 Å². The number of halogens is 1. The molecule has 2 nitrogen and oxygen atoms in total. The highest BCUT2D eigenvalue weighted by Gasteiger charge is 2.46. The fourth-order valence-electron chi connectivity index (χ4n) is 2.52. The zero-order valence-electron chi connectivity index (χ0n) is 9.24. The standard InChI is InChI=1S/C13H14BrNO/c1-8-4-9(2-3-12(8)14)13(16)15-6-10-5-11(10)7-15/h2-4,10-11H,5-7H2,1H3. The van der Waals surface area contributed by atoms with E-state index in [1.807, 2.05) is 30.0 Å². The number of benzene rings is 1. The molecule has 1 saturated carbocycles. The molecule has 0 spiro atoms. The SMILES string of the molecule is Cc1cc(C(=O)N2CC3CC3C2)ccc1Br. The fourth-order valence-corrected chi connectivity index (χ4v) is 2.77. The van der Waals surface area contributed by atoms with Crippen LogP contribution in [0.15, 0.2) is 22.7 Å². The Morgan fingerprint density at radius 3 is 2.69 bits per heavy atom. The summed E-state index contributed by atoms with van der Waals surface area (Å²) in [6.45, 7) is 3.96. The zero-order chi connectivity index (χ0) is 11.3. The summed E-state index contributed by atoms with van der Waals surface area (Å²) < 4.78 is 1.06. The molecule has 16 heavy (non-hydrogen) atoms. The van der Waals surface area contributed by atoms with Gasteiger partial charge in [-0.2, -0.15) is 0 Å². The first kappa shape index (κ1) is 10.3. The smallest absolute Gasteiger partial charge is 0.253 e. The van der Waals surface area contributed by atoms with Gasteiger partial charge in [-0.1, -0.05) is 15.9 Å². The maximum Gasteiger partial charge on any atom is 0.253 e. The van der Waals surface area contributed by atoms with Gasteiger partial charge in [-0.05, 0) is 48.9 Å². The molecular weight excluding hydrogens is 266 g/mol. The third-order valence-electron chi connectivity index (χ3n) is 3.67. The summed E-state index contributed by atoms with van der Waals surface area (Å²) in [4.78, 5) is 14.2. The molecule has 1 aliphatic heterocycles. The first-order valence-electron chi connectivity index (χ1n) is 5.70. The molecule has 1 aliphatic carbocycles. The lowest BCUT2D eigenvalue weighted by molar-refractivity contribution is 0.0775. The Balaban J connectivity index is 1.80. The van der Waals surface area contributed by atoms with Crippen molar-refractivity contribution in [1.82, 2.24) is 4.90 Å². The van der Waals surface area contributed by atoms with Crippen molar-refractivity contribution in [3.05, 3.63) is 33.8 Å². The van der Waals surface area contributed by atoms with Crippen LogP contribution >= 0.6 is 15.9 Å². The Morgan fingerprint density at radius 1 is 1.38 bits per heavy atom. The van der Waals surface area contributed by atoms with Gasteiger partial charge in [0.05, 0.1) is 0 Å². The van der Waals surface area contributed by atoms with Crippen LogP contribution in [0.4, 0.5) is 0 Å². The van der Waals surface area contributed by atoms with Gasteiger partial charge < -0.3 is 4.90 Å². The van der Waals surface area contributed by atoms with Crippen molar-refractivity contribution >= 4 is 21.8 Å². The number of carbonyl (C=O) groups excluding carboxylic acids is 1. The summed E-state index contributed by atoms with van der Waals surface area (Å²) in [5.41, 5.74) is 1.94. The van der Waals surface area contributed by atoms with Gasteiger partial charge in [0.2, 0.25) is 0 Å². The molecule has 0 N–H and O–H groups in total. The van der Waals surface area contributed by atoms with Crippen molar-refractivity contribution in [2.45, 2.75) is 13.3 Å². The highest BCUT2D eigenvalue weighted by atomic mass is 79.9. The Morgan fingerprint density at radius 2 is 2.06 bits per heavy atom. The minimum atomic E-state index is 0.197. The van der Waals surface area contributed by atoms with Crippen molar-refractivity contribution in [3.63, 3.8) is 0 Å². The summed E-state index contributed by atoms with van der Waals surface area (Å²) in [6, 6.07) is 5.83. The minimum Gasteiger partial charge on any atom is -0.338 e. The molecular formula is C13H14BrNO. The molecule has 1 saturated heterocycles. The number of rotatable bonds is 1. The van der Waals surface area contributed by atoms with Crippen LogP contribution in [0.3, 0.4) is 0 Å². The third kappa shape index (κ3) is 1.67.